The molecule has 0 amide bonds. The fourth-order valence-corrected chi connectivity index (χ4v) is 3.51. The molecule has 1 aliphatic rings. The maximum atomic E-state index is 5.85. The van der Waals surface area contributed by atoms with Crippen molar-refractivity contribution < 1.29 is 9.47 Å². The number of nitrogens with zero attached hydrogens (tertiary/aromatic N) is 1. The van der Waals surface area contributed by atoms with E-state index in [-0.39, 0.29) is 6.10 Å². The van der Waals surface area contributed by atoms with Crippen molar-refractivity contribution in [2.75, 3.05) is 25.6 Å². The van der Waals surface area contributed by atoms with Gasteiger partial charge in [-0.15, -0.1) is 0 Å². The van der Waals surface area contributed by atoms with Crippen LogP contribution < -0.4 is 10.1 Å². The third-order valence-electron chi connectivity index (χ3n) is 4.83. The Morgan fingerprint density at radius 1 is 1.19 bits per heavy atom. The molecule has 2 aromatic carbocycles. The average Bonchev–Trinajstić information content (AvgIpc) is 3.17. The van der Waals surface area contributed by atoms with Gasteiger partial charge in [0.05, 0.1) is 18.9 Å². The molecular weight excluding hydrogens is 356 g/mol. The van der Waals surface area contributed by atoms with Crippen LogP contribution in [0.1, 0.15) is 29.5 Å². The fraction of sp³-hybridized carbons (Fsp3) is 0.409. The number of ether oxygens (including phenoxy) is 2. The van der Waals surface area contributed by atoms with Gasteiger partial charge in [0, 0.05) is 19.7 Å². The second kappa shape index (κ2) is 9.20. The molecule has 2 aromatic rings. The van der Waals surface area contributed by atoms with Crippen LogP contribution in [0.2, 0.25) is 0 Å². The number of aryl methyl sites for hydroxylation is 2. The molecule has 0 aliphatic carbocycles. The SMILES string of the molecule is COc1cc(C)ccc1NC(=S)N(Cc1ccc(C)cc1)CC1CCCO1. The maximum Gasteiger partial charge on any atom is 0.173 e. The van der Waals surface area contributed by atoms with Gasteiger partial charge < -0.3 is 19.7 Å². The van der Waals surface area contributed by atoms with Crippen molar-refractivity contribution in [1.29, 1.82) is 0 Å². The van der Waals surface area contributed by atoms with Gasteiger partial charge in [-0.2, -0.15) is 0 Å². The predicted octanol–water partition coefficient (Wildman–Crippen LogP) is 4.69. The lowest BCUT2D eigenvalue weighted by Gasteiger charge is -2.29. The zero-order valence-corrected chi connectivity index (χ0v) is 17.1. The van der Waals surface area contributed by atoms with Gasteiger partial charge in [-0.3, -0.25) is 0 Å². The standard InChI is InChI=1S/C22H28N2O2S/c1-16-6-9-18(10-7-16)14-24(15-19-5-4-12-26-19)22(27)23-20-11-8-17(2)13-21(20)25-3/h6-11,13,19H,4-5,12,14-15H2,1-3H3,(H,23,27). The molecule has 0 aromatic heterocycles. The summed E-state index contributed by atoms with van der Waals surface area (Å²) < 4.78 is 11.4. The highest BCUT2D eigenvalue weighted by atomic mass is 32.1. The van der Waals surface area contributed by atoms with Crippen molar-refractivity contribution in [2.45, 2.75) is 39.3 Å². The van der Waals surface area contributed by atoms with Crippen LogP contribution in [-0.2, 0) is 11.3 Å². The van der Waals surface area contributed by atoms with E-state index in [0.29, 0.717) is 5.11 Å². The van der Waals surface area contributed by atoms with Gasteiger partial charge in [0.2, 0.25) is 0 Å². The number of hydrogen-bond acceptors (Lipinski definition) is 3. The lowest BCUT2D eigenvalue weighted by Crippen LogP contribution is -2.39. The molecule has 1 aliphatic heterocycles. The van der Waals surface area contributed by atoms with E-state index in [9.17, 15) is 0 Å². The summed E-state index contributed by atoms with van der Waals surface area (Å²) in [5.74, 6) is 0.796. The summed E-state index contributed by atoms with van der Waals surface area (Å²) in [5.41, 5.74) is 4.53. The first-order chi connectivity index (χ1) is 13.0. The molecule has 0 radical (unpaired) electrons. The van der Waals surface area contributed by atoms with Gasteiger partial charge in [-0.1, -0.05) is 35.9 Å². The van der Waals surface area contributed by atoms with Crippen LogP contribution in [0.4, 0.5) is 5.69 Å². The van der Waals surface area contributed by atoms with Crippen LogP contribution in [-0.4, -0.2) is 36.4 Å². The predicted molar refractivity (Wildman–Crippen MR) is 115 cm³/mol. The van der Waals surface area contributed by atoms with Crippen LogP contribution in [0.3, 0.4) is 0 Å². The summed E-state index contributed by atoms with van der Waals surface area (Å²) in [6, 6.07) is 14.7. The van der Waals surface area contributed by atoms with Crippen LogP contribution in [0.5, 0.6) is 5.75 Å². The quantitative estimate of drug-likeness (QED) is 0.731. The van der Waals surface area contributed by atoms with Crippen LogP contribution in [0.15, 0.2) is 42.5 Å². The highest BCUT2D eigenvalue weighted by Gasteiger charge is 2.21. The molecule has 1 saturated heterocycles. The van der Waals surface area contributed by atoms with Gasteiger partial charge in [0.1, 0.15) is 5.75 Å². The smallest absolute Gasteiger partial charge is 0.173 e. The fourth-order valence-electron chi connectivity index (χ4n) is 3.26. The minimum absolute atomic E-state index is 0.232. The third-order valence-corrected chi connectivity index (χ3v) is 5.19. The number of anilines is 1. The van der Waals surface area contributed by atoms with Crippen molar-refractivity contribution in [1.82, 2.24) is 4.90 Å². The Kier molecular flexibility index (Phi) is 6.69. The van der Waals surface area contributed by atoms with Crippen LogP contribution in [0.25, 0.3) is 0 Å². The van der Waals surface area contributed by atoms with Gasteiger partial charge in [0.15, 0.2) is 5.11 Å². The van der Waals surface area contributed by atoms with Crippen molar-refractivity contribution >= 4 is 23.0 Å². The number of thiocarbonyl (C=S) groups is 1. The minimum atomic E-state index is 0.232. The lowest BCUT2D eigenvalue weighted by molar-refractivity contribution is 0.0905. The third kappa shape index (κ3) is 5.44. The average molecular weight is 385 g/mol. The molecule has 4 nitrogen and oxygen atoms in total. The van der Waals surface area contributed by atoms with Crippen LogP contribution in [0, 0.1) is 13.8 Å². The maximum absolute atomic E-state index is 5.85. The number of methoxy groups -OCH3 is 1. The van der Waals surface area contributed by atoms with E-state index in [0.717, 1.165) is 49.5 Å². The van der Waals surface area contributed by atoms with E-state index in [1.165, 1.54) is 11.1 Å². The topological polar surface area (TPSA) is 33.7 Å². The summed E-state index contributed by atoms with van der Waals surface area (Å²) in [6.45, 7) is 6.53. The minimum Gasteiger partial charge on any atom is -0.495 e. The second-order valence-electron chi connectivity index (χ2n) is 7.14. The Balaban J connectivity index is 1.76. The first-order valence-corrected chi connectivity index (χ1v) is 9.83. The molecule has 1 heterocycles. The Morgan fingerprint density at radius 2 is 1.93 bits per heavy atom. The molecule has 3 rings (SSSR count). The molecular formula is C22H28N2O2S. The zero-order chi connectivity index (χ0) is 19.2. The summed E-state index contributed by atoms with van der Waals surface area (Å²) in [7, 11) is 1.68. The number of hydrogen-bond donors (Lipinski definition) is 1. The van der Waals surface area contributed by atoms with Crippen molar-refractivity contribution in [2.24, 2.45) is 0 Å². The highest BCUT2D eigenvalue weighted by molar-refractivity contribution is 7.80. The Bertz CT molecular complexity index is 770. The Morgan fingerprint density at radius 3 is 2.59 bits per heavy atom. The van der Waals surface area contributed by atoms with E-state index in [2.05, 4.69) is 47.5 Å². The van der Waals surface area contributed by atoms with Crippen LogP contribution >= 0.6 is 12.2 Å². The van der Waals surface area contributed by atoms with E-state index >= 15 is 0 Å². The molecule has 1 atom stereocenters. The van der Waals surface area contributed by atoms with E-state index < -0.39 is 0 Å². The van der Waals surface area contributed by atoms with Gasteiger partial charge >= 0.3 is 0 Å². The van der Waals surface area contributed by atoms with E-state index in [4.69, 9.17) is 21.7 Å². The molecule has 27 heavy (non-hydrogen) atoms. The molecule has 0 spiro atoms. The summed E-state index contributed by atoms with van der Waals surface area (Å²) in [6.07, 6.45) is 2.44. The van der Waals surface area contributed by atoms with E-state index in [1.807, 2.05) is 19.1 Å². The van der Waals surface area contributed by atoms with Gasteiger partial charge in [-0.25, -0.2) is 0 Å². The first kappa shape index (κ1) is 19.6. The number of rotatable bonds is 6. The van der Waals surface area contributed by atoms with Crippen molar-refractivity contribution in [3.05, 3.63) is 59.2 Å². The highest BCUT2D eigenvalue weighted by Crippen LogP contribution is 2.26. The normalized spacial score (nSPS) is 16.2. The van der Waals surface area contributed by atoms with Crippen molar-refractivity contribution in [3.8, 4) is 5.75 Å². The first-order valence-electron chi connectivity index (χ1n) is 9.43. The molecule has 1 fully saturated rings. The zero-order valence-electron chi connectivity index (χ0n) is 16.3. The summed E-state index contributed by atoms with van der Waals surface area (Å²) in [5, 5.41) is 4.06. The molecule has 1 N–H and O–H groups in total. The largest absolute Gasteiger partial charge is 0.495 e. The molecule has 144 valence electrons. The second-order valence-corrected chi connectivity index (χ2v) is 7.52. The van der Waals surface area contributed by atoms with Crippen molar-refractivity contribution in [3.63, 3.8) is 0 Å². The van der Waals surface area contributed by atoms with E-state index in [1.54, 1.807) is 7.11 Å². The van der Waals surface area contributed by atoms with Gasteiger partial charge in [0.25, 0.3) is 0 Å². The van der Waals surface area contributed by atoms with Gasteiger partial charge in [-0.05, 0) is 62.2 Å². The summed E-state index contributed by atoms with van der Waals surface area (Å²) >= 11 is 5.76. The monoisotopic (exact) mass is 384 g/mol. The number of benzene rings is 2. The Labute approximate surface area is 167 Å². The molecule has 1 unspecified atom stereocenters. The lowest BCUT2D eigenvalue weighted by atomic mass is 10.1. The Hall–Kier alpha value is -2.11. The molecule has 0 saturated carbocycles. The molecule has 0 bridgehead atoms. The number of nitrogens with one attached hydrogen (secondary N) is 1. The summed E-state index contributed by atoms with van der Waals surface area (Å²) in [4.78, 5) is 2.19. The molecule has 5 heteroatoms.